The lowest BCUT2D eigenvalue weighted by Gasteiger charge is -2.30. The fourth-order valence-corrected chi connectivity index (χ4v) is 0.824. The highest BCUT2D eigenvalue weighted by molar-refractivity contribution is 5.57. The fraction of sp³-hybridized carbons (Fsp3) is 0.857. The van der Waals surface area contributed by atoms with E-state index in [1.807, 2.05) is 0 Å². The number of carbonyl (C=O) groups is 1. The van der Waals surface area contributed by atoms with Gasteiger partial charge in [0.15, 0.2) is 6.10 Å². The lowest BCUT2D eigenvalue weighted by Crippen LogP contribution is -2.50. The zero-order valence-electron chi connectivity index (χ0n) is 9.29. The van der Waals surface area contributed by atoms with Gasteiger partial charge in [0.25, 0.3) is 0 Å². The van der Waals surface area contributed by atoms with Crippen LogP contribution < -0.4 is 0 Å². The topological polar surface area (TPSA) is 102 Å². The van der Waals surface area contributed by atoms with Crippen molar-refractivity contribution in [3.63, 3.8) is 0 Å². The largest absolute Gasteiger partial charge is 0.510 e. The Kier molecular flexibility index (Phi) is 6.88. The van der Waals surface area contributed by atoms with E-state index in [4.69, 9.17) is 5.11 Å². The first-order chi connectivity index (χ1) is 7.52. The van der Waals surface area contributed by atoms with E-state index >= 15 is 0 Å². The van der Waals surface area contributed by atoms with Gasteiger partial charge in [-0.3, -0.25) is 0 Å². The lowest BCUT2D eigenvalue weighted by molar-refractivity contribution is -0.588. The Labute approximate surface area is 91.5 Å². The molecule has 0 saturated carbocycles. The summed E-state index contributed by atoms with van der Waals surface area (Å²) in [4.78, 5) is 37.1. The molecule has 1 atom stereocenters. The van der Waals surface area contributed by atoms with E-state index in [2.05, 4.69) is 34.1 Å². The molecule has 9 nitrogen and oxygen atoms in total. The van der Waals surface area contributed by atoms with Crippen molar-refractivity contribution in [3.8, 4) is 0 Å². The van der Waals surface area contributed by atoms with Gasteiger partial charge in [0.1, 0.15) is 0 Å². The maximum absolute atomic E-state index is 10.5. The molecule has 0 aliphatic rings. The second-order valence-corrected chi connectivity index (χ2v) is 2.38. The fourth-order valence-electron chi connectivity index (χ4n) is 0.824. The van der Waals surface area contributed by atoms with E-state index in [0.717, 1.165) is 14.2 Å². The summed E-state index contributed by atoms with van der Waals surface area (Å²) in [5.41, 5.74) is 0. The van der Waals surface area contributed by atoms with Gasteiger partial charge < -0.3 is 9.84 Å². The van der Waals surface area contributed by atoms with Gasteiger partial charge in [-0.2, -0.15) is 9.78 Å². The predicted molar refractivity (Wildman–Crippen MR) is 45.6 cm³/mol. The van der Waals surface area contributed by atoms with Crippen molar-refractivity contribution >= 4 is 6.16 Å². The molecule has 0 aliphatic heterocycles. The number of rotatable bonds is 8. The first-order valence-electron chi connectivity index (χ1n) is 4.07. The van der Waals surface area contributed by atoms with Crippen molar-refractivity contribution in [2.45, 2.75) is 19.0 Å². The van der Waals surface area contributed by atoms with Crippen LogP contribution in [0, 0.1) is 0 Å². The van der Waals surface area contributed by atoms with Crippen molar-refractivity contribution in [1.29, 1.82) is 0 Å². The third-order valence-electron chi connectivity index (χ3n) is 1.37. The number of carboxylic acid groups (broad SMARTS) is 1. The molecule has 0 aromatic rings. The maximum Gasteiger partial charge on any atom is 0.510 e. The SMILES string of the molecule is COOC(C)C(OOC)(OOC)OC(=O)O. The highest BCUT2D eigenvalue weighted by Gasteiger charge is 2.48. The van der Waals surface area contributed by atoms with Crippen LogP contribution in [0.4, 0.5) is 4.79 Å². The molecule has 0 amide bonds. The van der Waals surface area contributed by atoms with Crippen LogP contribution in [0.3, 0.4) is 0 Å². The van der Waals surface area contributed by atoms with Crippen LogP contribution >= 0.6 is 0 Å². The quantitative estimate of drug-likeness (QED) is 0.281. The molecular formula is C7H14O9. The number of hydrogen-bond acceptors (Lipinski definition) is 8. The van der Waals surface area contributed by atoms with Crippen LogP contribution in [0.1, 0.15) is 6.92 Å². The predicted octanol–water partition coefficient (Wildman–Crippen LogP) is 0.457. The summed E-state index contributed by atoms with van der Waals surface area (Å²) in [5, 5.41) is 8.53. The standard InChI is InChI=1S/C7H14O9/c1-5(14-10-2)7(15-11-3,16-12-4)13-6(8)9/h5H,1-4H3,(H,8,9). The minimum atomic E-state index is -2.26. The van der Waals surface area contributed by atoms with Crippen LogP contribution in [0.5, 0.6) is 0 Å². The van der Waals surface area contributed by atoms with Gasteiger partial charge in [0.2, 0.25) is 0 Å². The van der Waals surface area contributed by atoms with Crippen molar-refractivity contribution in [2.75, 3.05) is 21.3 Å². The third kappa shape index (κ3) is 4.26. The summed E-state index contributed by atoms with van der Waals surface area (Å²) in [6.07, 6.45) is -2.80. The Hall–Kier alpha value is -0.970. The minimum absolute atomic E-state index is 1.12. The minimum Gasteiger partial charge on any atom is -0.450 e. The lowest BCUT2D eigenvalue weighted by atomic mass is 10.3. The second kappa shape index (κ2) is 7.33. The first-order valence-corrected chi connectivity index (χ1v) is 4.07. The average molecular weight is 242 g/mol. The van der Waals surface area contributed by atoms with Gasteiger partial charge in [-0.05, 0) is 6.92 Å². The first kappa shape index (κ1) is 15.0. The Morgan fingerprint density at radius 1 is 1.12 bits per heavy atom. The van der Waals surface area contributed by atoms with Crippen LogP contribution in [0.25, 0.3) is 0 Å². The van der Waals surface area contributed by atoms with Crippen molar-refractivity contribution < 1.29 is 44.0 Å². The van der Waals surface area contributed by atoms with E-state index in [0.29, 0.717) is 0 Å². The zero-order valence-corrected chi connectivity index (χ0v) is 9.29. The van der Waals surface area contributed by atoms with Crippen molar-refractivity contribution in [1.82, 2.24) is 0 Å². The Morgan fingerprint density at radius 2 is 1.62 bits per heavy atom. The summed E-state index contributed by atoms with van der Waals surface area (Å²) in [5.74, 6) is -2.26. The molecule has 0 aliphatic carbocycles. The van der Waals surface area contributed by atoms with Crippen molar-refractivity contribution in [2.24, 2.45) is 0 Å². The van der Waals surface area contributed by atoms with Gasteiger partial charge >= 0.3 is 12.1 Å². The molecule has 0 spiro atoms. The smallest absolute Gasteiger partial charge is 0.450 e. The summed E-state index contributed by atoms with van der Waals surface area (Å²) >= 11 is 0. The summed E-state index contributed by atoms with van der Waals surface area (Å²) in [6, 6.07) is 0. The van der Waals surface area contributed by atoms with Gasteiger partial charge in [0.05, 0.1) is 21.3 Å². The van der Waals surface area contributed by atoms with Gasteiger partial charge in [-0.1, -0.05) is 0 Å². The van der Waals surface area contributed by atoms with Crippen LogP contribution in [0.15, 0.2) is 0 Å². The molecule has 0 aromatic heterocycles. The molecule has 0 radical (unpaired) electrons. The molecule has 1 N–H and O–H groups in total. The molecule has 0 bridgehead atoms. The van der Waals surface area contributed by atoms with Crippen LogP contribution in [-0.2, 0) is 34.1 Å². The van der Waals surface area contributed by atoms with Gasteiger partial charge in [-0.25, -0.2) is 24.3 Å². The molecule has 0 rings (SSSR count). The molecule has 0 aromatic carbocycles. The molecule has 9 heteroatoms. The van der Waals surface area contributed by atoms with Crippen LogP contribution in [-0.4, -0.2) is 44.7 Å². The molecular weight excluding hydrogens is 228 g/mol. The number of hydrogen-bond donors (Lipinski definition) is 1. The Balaban J connectivity index is 4.81. The summed E-state index contributed by atoms with van der Waals surface area (Å²) in [6.45, 7) is 1.35. The molecule has 0 fully saturated rings. The van der Waals surface area contributed by atoms with Gasteiger partial charge in [-0.15, -0.1) is 0 Å². The second-order valence-electron chi connectivity index (χ2n) is 2.38. The van der Waals surface area contributed by atoms with Gasteiger partial charge in [0, 0.05) is 0 Å². The third-order valence-corrected chi connectivity index (χ3v) is 1.37. The molecule has 0 heterocycles. The van der Waals surface area contributed by atoms with E-state index in [9.17, 15) is 4.79 Å². The average Bonchev–Trinajstić information content (AvgIpc) is 2.17. The van der Waals surface area contributed by atoms with E-state index in [-0.39, 0.29) is 0 Å². The number of ether oxygens (including phenoxy) is 1. The van der Waals surface area contributed by atoms with E-state index in [1.165, 1.54) is 14.0 Å². The summed E-state index contributed by atoms with van der Waals surface area (Å²) in [7, 11) is 3.46. The molecule has 96 valence electrons. The van der Waals surface area contributed by atoms with E-state index in [1.54, 1.807) is 0 Å². The monoisotopic (exact) mass is 242 g/mol. The molecule has 16 heavy (non-hydrogen) atoms. The highest BCUT2D eigenvalue weighted by atomic mass is 17.4. The van der Waals surface area contributed by atoms with Crippen molar-refractivity contribution in [3.05, 3.63) is 0 Å². The molecule has 0 saturated heterocycles. The molecule has 1 unspecified atom stereocenters. The van der Waals surface area contributed by atoms with Crippen LogP contribution in [0.2, 0.25) is 0 Å². The normalized spacial score (nSPS) is 13.5. The Morgan fingerprint density at radius 3 is 1.94 bits per heavy atom. The van der Waals surface area contributed by atoms with E-state index < -0.39 is 18.2 Å². The zero-order chi connectivity index (χ0) is 12.6. The maximum atomic E-state index is 10.5. The summed E-state index contributed by atoms with van der Waals surface area (Å²) < 4.78 is 4.35. The Bertz CT molecular complexity index is 200. The highest BCUT2D eigenvalue weighted by Crippen LogP contribution is 2.23.